The maximum Gasteiger partial charge on any atom is 0.220 e. The second-order valence-corrected chi connectivity index (χ2v) is 3.87. The van der Waals surface area contributed by atoms with Crippen molar-refractivity contribution in [3.8, 4) is 0 Å². The normalized spacial score (nSPS) is 20.3. The van der Waals surface area contributed by atoms with Crippen molar-refractivity contribution >= 4 is 5.91 Å². The second kappa shape index (κ2) is 4.94. The highest BCUT2D eigenvalue weighted by atomic mass is 16.5. The van der Waals surface area contributed by atoms with Crippen molar-refractivity contribution in [2.75, 3.05) is 13.2 Å². The van der Waals surface area contributed by atoms with Gasteiger partial charge >= 0.3 is 0 Å². The molecule has 15 heavy (non-hydrogen) atoms. The van der Waals surface area contributed by atoms with Crippen LogP contribution in [-0.2, 0) is 16.1 Å². The molecular formula is C12H15NO2. The number of ether oxygens (including phenoxy) is 1. The van der Waals surface area contributed by atoms with E-state index in [-0.39, 0.29) is 5.91 Å². The number of amides is 1. The lowest BCUT2D eigenvalue weighted by atomic mass is 10.1. The Morgan fingerprint density at radius 2 is 2.13 bits per heavy atom. The molecule has 1 saturated heterocycles. The zero-order valence-electron chi connectivity index (χ0n) is 8.61. The molecule has 3 nitrogen and oxygen atoms in total. The Balaban J connectivity index is 1.69. The molecule has 0 aromatic heterocycles. The van der Waals surface area contributed by atoms with Crippen LogP contribution in [0.4, 0.5) is 0 Å². The van der Waals surface area contributed by atoms with Gasteiger partial charge in [0.1, 0.15) is 0 Å². The Labute approximate surface area is 89.4 Å². The number of nitrogens with one attached hydrogen (secondary N) is 1. The molecule has 0 aliphatic carbocycles. The summed E-state index contributed by atoms with van der Waals surface area (Å²) in [6.45, 7) is 2.05. The predicted molar refractivity (Wildman–Crippen MR) is 57.2 cm³/mol. The van der Waals surface area contributed by atoms with Crippen molar-refractivity contribution in [3.05, 3.63) is 35.9 Å². The van der Waals surface area contributed by atoms with E-state index >= 15 is 0 Å². The minimum atomic E-state index is 0.142. The first-order valence-electron chi connectivity index (χ1n) is 5.23. The third-order valence-electron chi connectivity index (χ3n) is 2.53. The van der Waals surface area contributed by atoms with Crippen LogP contribution >= 0.6 is 0 Å². The number of carbonyl (C=O) groups excluding carboxylic acids is 1. The summed E-state index contributed by atoms with van der Waals surface area (Å²) in [4.78, 5) is 10.9. The summed E-state index contributed by atoms with van der Waals surface area (Å²) in [5.74, 6) is 0.490. The molecule has 1 aromatic carbocycles. The van der Waals surface area contributed by atoms with E-state index in [9.17, 15) is 4.79 Å². The van der Waals surface area contributed by atoms with E-state index in [0.29, 0.717) is 25.6 Å². The predicted octanol–water partition coefficient (Wildman–Crippen LogP) is 1.34. The maximum absolute atomic E-state index is 10.9. The van der Waals surface area contributed by atoms with E-state index in [2.05, 4.69) is 5.32 Å². The topological polar surface area (TPSA) is 38.3 Å². The first-order chi connectivity index (χ1) is 7.34. The van der Waals surface area contributed by atoms with E-state index < -0.39 is 0 Å². The molecule has 1 atom stereocenters. The summed E-state index contributed by atoms with van der Waals surface area (Å²) >= 11 is 0. The highest BCUT2D eigenvalue weighted by Gasteiger charge is 2.21. The van der Waals surface area contributed by atoms with Gasteiger partial charge in [-0.1, -0.05) is 30.3 Å². The van der Waals surface area contributed by atoms with Gasteiger partial charge in [-0.25, -0.2) is 0 Å². The van der Waals surface area contributed by atoms with E-state index in [1.54, 1.807) is 0 Å². The summed E-state index contributed by atoms with van der Waals surface area (Å²) in [5.41, 5.74) is 1.18. The lowest BCUT2D eigenvalue weighted by Gasteiger charge is -2.08. The molecule has 1 heterocycles. The summed E-state index contributed by atoms with van der Waals surface area (Å²) in [7, 11) is 0. The maximum atomic E-state index is 10.9. The van der Waals surface area contributed by atoms with Crippen LogP contribution in [-0.4, -0.2) is 19.1 Å². The fourth-order valence-electron chi connectivity index (χ4n) is 1.70. The number of rotatable bonds is 4. The Kier molecular flexibility index (Phi) is 3.35. The molecule has 1 N–H and O–H groups in total. The number of hydrogen-bond acceptors (Lipinski definition) is 2. The first kappa shape index (κ1) is 10.2. The highest BCUT2D eigenvalue weighted by molar-refractivity contribution is 5.78. The molecule has 0 radical (unpaired) electrons. The largest absolute Gasteiger partial charge is 0.376 e. The zero-order valence-corrected chi connectivity index (χ0v) is 8.61. The van der Waals surface area contributed by atoms with Crippen LogP contribution < -0.4 is 5.32 Å². The highest BCUT2D eigenvalue weighted by Crippen LogP contribution is 2.10. The molecule has 3 heteroatoms. The van der Waals surface area contributed by atoms with Gasteiger partial charge in [-0.2, -0.15) is 0 Å². The van der Waals surface area contributed by atoms with Gasteiger partial charge in [0.15, 0.2) is 0 Å². The molecule has 0 spiro atoms. The van der Waals surface area contributed by atoms with Crippen molar-refractivity contribution in [2.24, 2.45) is 5.92 Å². The second-order valence-electron chi connectivity index (χ2n) is 3.87. The van der Waals surface area contributed by atoms with Crippen LogP contribution in [0.2, 0.25) is 0 Å². The quantitative estimate of drug-likeness (QED) is 0.805. The molecule has 1 amide bonds. The van der Waals surface area contributed by atoms with Crippen LogP contribution in [0.15, 0.2) is 30.3 Å². The lowest BCUT2D eigenvalue weighted by Crippen LogP contribution is -2.15. The van der Waals surface area contributed by atoms with Crippen molar-refractivity contribution in [3.63, 3.8) is 0 Å². The SMILES string of the molecule is O=C1CC(COCc2ccccc2)CN1. The summed E-state index contributed by atoms with van der Waals surface area (Å²) in [6.07, 6.45) is 0.606. The van der Waals surface area contributed by atoms with Gasteiger partial charge in [0.05, 0.1) is 13.2 Å². The number of hydrogen-bond donors (Lipinski definition) is 1. The minimum absolute atomic E-state index is 0.142. The van der Waals surface area contributed by atoms with Gasteiger partial charge in [-0.3, -0.25) is 4.79 Å². The molecule has 0 saturated carbocycles. The third kappa shape index (κ3) is 3.06. The van der Waals surface area contributed by atoms with E-state index in [1.165, 1.54) is 5.56 Å². The van der Waals surface area contributed by atoms with Gasteiger partial charge in [-0.15, -0.1) is 0 Å². The molecular weight excluding hydrogens is 190 g/mol. The minimum Gasteiger partial charge on any atom is -0.376 e. The first-order valence-corrected chi connectivity index (χ1v) is 5.23. The number of benzene rings is 1. The standard InChI is InChI=1S/C12H15NO2/c14-12-6-11(7-13-12)9-15-8-10-4-2-1-3-5-10/h1-5,11H,6-9H2,(H,13,14). The molecule has 1 unspecified atom stereocenters. The fraction of sp³-hybridized carbons (Fsp3) is 0.417. The monoisotopic (exact) mass is 205 g/mol. The van der Waals surface area contributed by atoms with Crippen LogP contribution in [0.25, 0.3) is 0 Å². The van der Waals surface area contributed by atoms with E-state index in [4.69, 9.17) is 4.74 Å². The molecule has 80 valence electrons. The molecule has 1 fully saturated rings. The van der Waals surface area contributed by atoms with Crippen LogP contribution in [0.3, 0.4) is 0 Å². The molecule has 0 bridgehead atoms. The third-order valence-corrected chi connectivity index (χ3v) is 2.53. The molecule has 1 aliphatic rings. The summed E-state index contributed by atoms with van der Waals surface area (Å²) in [6, 6.07) is 10.1. The lowest BCUT2D eigenvalue weighted by molar-refractivity contribution is -0.119. The van der Waals surface area contributed by atoms with Crippen molar-refractivity contribution < 1.29 is 9.53 Å². The van der Waals surface area contributed by atoms with Gasteiger partial charge in [-0.05, 0) is 5.56 Å². The van der Waals surface area contributed by atoms with E-state index in [1.807, 2.05) is 30.3 Å². The molecule has 2 rings (SSSR count). The van der Waals surface area contributed by atoms with Crippen molar-refractivity contribution in [1.29, 1.82) is 0 Å². The Morgan fingerprint density at radius 3 is 2.80 bits per heavy atom. The average molecular weight is 205 g/mol. The van der Waals surface area contributed by atoms with Gasteiger partial charge in [0.25, 0.3) is 0 Å². The summed E-state index contributed by atoms with van der Waals surface area (Å²) in [5, 5.41) is 2.80. The Morgan fingerprint density at radius 1 is 1.33 bits per heavy atom. The van der Waals surface area contributed by atoms with Crippen molar-refractivity contribution in [1.82, 2.24) is 5.32 Å². The molecule has 1 aromatic rings. The van der Waals surface area contributed by atoms with E-state index in [0.717, 1.165) is 6.54 Å². The van der Waals surface area contributed by atoms with Gasteiger partial charge < -0.3 is 10.1 Å². The van der Waals surface area contributed by atoms with Gasteiger partial charge in [0, 0.05) is 18.9 Å². The summed E-state index contributed by atoms with van der Waals surface area (Å²) < 4.78 is 5.56. The molecule has 1 aliphatic heterocycles. The van der Waals surface area contributed by atoms with Crippen molar-refractivity contribution in [2.45, 2.75) is 13.0 Å². The average Bonchev–Trinajstić information content (AvgIpc) is 2.66. The van der Waals surface area contributed by atoms with Gasteiger partial charge in [0.2, 0.25) is 5.91 Å². The Bertz CT molecular complexity index is 324. The smallest absolute Gasteiger partial charge is 0.220 e. The Hall–Kier alpha value is -1.35. The number of carbonyl (C=O) groups is 1. The van der Waals surface area contributed by atoms with Crippen LogP contribution in [0.1, 0.15) is 12.0 Å². The zero-order chi connectivity index (χ0) is 10.5. The van der Waals surface area contributed by atoms with Crippen LogP contribution in [0, 0.1) is 5.92 Å². The fourth-order valence-corrected chi connectivity index (χ4v) is 1.70. The van der Waals surface area contributed by atoms with Crippen LogP contribution in [0.5, 0.6) is 0 Å².